The van der Waals surface area contributed by atoms with Gasteiger partial charge in [0.15, 0.2) is 0 Å². The summed E-state index contributed by atoms with van der Waals surface area (Å²) in [5, 5.41) is 3.18. The Morgan fingerprint density at radius 3 is 1.97 bits per heavy atom. The molecule has 3 saturated heterocycles. The molecule has 6 heteroatoms. The third kappa shape index (κ3) is 4.14. The Hall–Kier alpha value is -1.14. The highest BCUT2D eigenvalue weighted by atomic mass is 16.2. The molecule has 0 aromatic heterocycles. The average molecular weight is 417 g/mol. The zero-order chi connectivity index (χ0) is 20.6. The molecule has 0 aromatic rings. The number of nitrogens with one attached hydrogen (secondary N) is 1. The second-order valence-corrected chi connectivity index (χ2v) is 10.5. The van der Waals surface area contributed by atoms with Crippen LogP contribution in [0.4, 0.5) is 0 Å². The van der Waals surface area contributed by atoms with Crippen molar-refractivity contribution < 1.29 is 9.59 Å². The van der Waals surface area contributed by atoms with Crippen LogP contribution in [0.15, 0.2) is 0 Å². The molecule has 6 nitrogen and oxygen atoms in total. The maximum atomic E-state index is 13.6. The fraction of sp³-hybridized carbons (Fsp3) is 0.917. The highest BCUT2D eigenvalue weighted by Gasteiger charge is 2.49. The molecule has 0 bridgehead atoms. The Morgan fingerprint density at radius 2 is 1.37 bits per heavy atom. The van der Waals surface area contributed by atoms with E-state index in [4.69, 9.17) is 0 Å². The normalized spacial score (nSPS) is 29.4. The van der Waals surface area contributed by atoms with Gasteiger partial charge in [-0.15, -0.1) is 0 Å². The lowest BCUT2D eigenvalue weighted by Crippen LogP contribution is -2.59. The van der Waals surface area contributed by atoms with Crippen LogP contribution in [0.2, 0.25) is 0 Å². The zero-order valence-corrected chi connectivity index (χ0v) is 18.6. The second-order valence-electron chi connectivity index (χ2n) is 10.5. The van der Waals surface area contributed by atoms with Crippen LogP contribution in [0.3, 0.4) is 0 Å². The van der Waals surface area contributed by atoms with Gasteiger partial charge in [-0.1, -0.05) is 12.8 Å². The van der Waals surface area contributed by atoms with Gasteiger partial charge in [0.05, 0.1) is 0 Å². The van der Waals surface area contributed by atoms with Crippen molar-refractivity contribution in [3.05, 3.63) is 0 Å². The minimum Gasteiger partial charge on any atom is -0.353 e. The minimum atomic E-state index is -0.170. The monoisotopic (exact) mass is 416 g/mol. The van der Waals surface area contributed by atoms with Crippen LogP contribution in [0.25, 0.3) is 0 Å². The van der Waals surface area contributed by atoms with Gasteiger partial charge in [-0.2, -0.15) is 0 Å². The first-order chi connectivity index (χ1) is 14.7. The molecule has 168 valence electrons. The summed E-state index contributed by atoms with van der Waals surface area (Å²) in [6.45, 7) is 6.15. The van der Waals surface area contributed by atoms with Crippen molar-refractivity contribution >= 4 is 11.8 Å². The van der Waals surface area contributed by atoms with E-state index in [0.717, 1.165) is 77.8 Å². The van der Waals surface area contributed by atoms with Gasteiger partial charge < -0.3 is 15.1 Å². The van der Waals surface area contributed by atoms with E-state index in [1.807, 2.05) is 0 Å². The minimum absolute atomic E-state index is 0.170. The first-order valence-corrected chi connectivity index (χ1v) is 12.7. The van der Waals surface area contributed by atoms with Crippen LogP contribution < -0.4 is 5.32 Å². The van der Waals surface area contributed by atoms with E-state index < -0.39 is 0 Å². The van der Waals surface area contributed by atoms with Crippen molar-refractivity contribution in [1.29, 1.82) is 0 Å². The van der Waals surface area contributed by atoms with Crippen LogP contribution in [0.5, 0.6) is 0 Å². The first-order valence-electron chi connectivity index (χ1n) is 12.7. The van der Waals surface area contributed by atoms with Gasteiger partial charge in [0.1, 0.15) is 5.54 Å². The topological polar surface area (TPSA) is 55.9 Å². The van der Waals surface area contributed by atoms with Gasteiger partial charge in [-0.3, -0.25) is 14.5 Å². The number of rotatable bonds is 5. The third-order valence-corrected chi connectivity index (χ3v) is 8.63. The maximum absolute atomic E-state index is 13.6. The zero-order valence-electron chi connectivity index (χ0n) is 18.6. The summed E-state index contributed by atoms with van der Waals surface area (Å²) in [4.78, 5) is 33.3. The second kappa shape index (κ2) is 8.78. The number of nitrogens with zero attached hydrogens (tertiary/aromatic N) is 3. The van der Waals surface area contributed by atoms with E-state index in [9.17, 15) is 9.59 Å². The molecule has 2 saturated carbocycles. The Kier molecular flexibility index (Phi) is 6.07. The van der Waals surface area contributed by atoms with E-state index in [1.165, 1.54) is 38.5 Å². The molecule has 0 spiro atoms. The molecule has 3 heterocycles. The molecule has 2 aliphatic carbocycles. The van der Waals surface area contributed by atoms with Crippen molar-refractivity contribution in [3.8, 4) is 0 Å². The summed E-state index contributed by atoms with van der Waals surface area (Å²) in [6, 6.07) is 1.06. The molecule has 5 aliphatic rings. The van der Waals surface area contributed by atoms with Crippen molar-refractivity contribution in [2.24, 2.45) is 5.92 Å². The highest BCUT2D eigenvalue weighted by Crippen LogP contribution is 2.39. The predicted molar refractivity (Wildman–Crippen MR) is 117 cm³/mol. The van der Waals surface area contributed by atoms with Crippen molar-refractivity contribution in [1.82, 2.24) is 20.0 Å². The predicted octanol–water partition coefficient (Wildman–Crippen LogP) is 2.38. The fourth-order valence-corrected chi connectivity index (χ4v) is 6.57. The number of piperidine rings is 2. The van der Waals surface area contributed by atoms with Crippen LogP contribution in [0, 0.1) is 5.92 Å². The molecular formula is C24H40N4O2. The van der Waals surface area contributed by atoms with Crippen LogP contribution in [-0.4, -0.2) is 83.4 Å². The Labute approximate surface area is 181 Å². The van der Waals surface area contributed by atoms with E-state index in [2.05, 4.69) is 20.0 Å². The van der Waals surface area contributed by atoms with Crippen molar-refractivity contribution in [2.45, 2.75) is 94.7 Å². The molecule has 0 aromatic carbocycles. The van der Waals surface area contributed by atoms with Gasteiger partial charge in [-0.25, -0.2) is 0 Å². The van der Waals surface area contributed by atoms with Crippen molar-refractivity contribution in [3.63, 3.8) is 0 Å². The maximum Gasteiger partial charge on any atom is 0.243 e. The summed E-state index contributed by atoms with van der Waals surface area (Å²) in [5.74, 6) is 0.948. The van der Waals surface area contributed by atoms with E-state index in [-0.39, 0.29) is 11.5 Å². The molecule has 0 unspecified atom stereocenters. The first kappa shape index (κ1) is 20.7. The molecule has 0 radical (unpaired) electrons. The Balaban J connectivity index is 1.11. The summed E-state index contributed by atoms with van der Waals surface area (Å²) in [7, 11) is 0. The van der Waals surface area contributed by atoms with Crippen LogP contribution in [0.1, 0.15) is 77.0 Å². The van der Waals surface area contributed by atoms with Crippen LogP contribution in [-0.2, 0) is 9.59 Å². The van der Waals surface area contributed by atoms with E-state index in [1.54, 1.807) is 0 Å². The summed E-state index contributed by atoms with van der Waals surface area (Å²) in [6.07, 6.45) is 13.6. The van der Waals surface area contributed by atoms with Gasteiger partial charge in [-0.05, 0) is 90.4 Å². The molecular weight excluding hydrogens is 376 g/mol. The molecule has 0 atom stereocenters. The van der Waals surface area contributed by atoms with Gasteiger partial charge >= 0.3 is 0 Å². The lowest BCUT2D eigenvalue weighted by molar-refractivity contribution is -0.146. The Bertz CT molecular complexity index is 621. The quantitative estimate of drug-likeness (QED) is 0.748. The van der Waals surface area contributed by atoms with Crippen molar-refractivity contribution in [2.75, 3.05) is 39.3 Å². The van der Waals surface area contributed by atoms with Gasteiger partial charge in [0, 0.05) is 31.1 Å². The van der Waals surface area contributed by atoms with Crippen LogP contribution >= 0.6 is 0 Å². The number of carbonyl (C=O) groups excluding carboxylic acids is 2. The summed E-state index contributed by atoms with van der Waals surface area (Å²) in [5.41, 5.74) is -0.170. The molecule has 30 heavy (non-hydrogen) atoms. The smallest absolute Gasteiger partial charge is 0.243 e. The Morgan fingerprint density at radius 1 is 0.733 bits per heavy atom. The molecule has 1 N–H and O–H groups in total. The molecule has 2 amide bonds. The number of amides is 2. The lowest BCUT2D eigenvalue weighted by atomic mass is 9.90. The largest absolute Gasteiger partial charge is 0.353 e. The molecule has 3 aliphatic heterocycles. The highest BCUT2D eigenvalue weighted by molar-refractivity contribution is 5.87. The standard InChI is InChI=1S/C24H40N4O2/c29-22(25-20-5-6-20)19-7-15-26(16-8-19)21-9-17-27(18-10-21)23(30)24(11-1-2-12-24)28-13-3-4-14-28/h19-21H,1-18H2,(H,25,29). The van der Waals surface area contributed by atoms with Gasteiger partial charge in [0.25, 0.3) is 0 Å². The molecule has 5 rings (SSSR count). The summed E-state index contributed by atoms with van der Waals surface area (Å²) < 4.78 is 0. The fourth-order valence-electron chi connectivity index (χ4n) is 6.57. The van der Waals surface area contributed by atoms with E-state index in [0.29, 0.717) is 23.9 Å². The molecule has 5 fully saturated rings. The summed E-state index contributed by atoms with van der Waals surface area (Å²) >= 11 is 0. The lowest BCUT2D eigenvalue weighted by Gasteiger charge is -2.45. The SMILES string of the molecule is O=C(NC1CC1)C1CCN(C2CCN(C(=O)C3(N4CCCC4)CCCC3)CC2)CC1. The number of carbonyl (C=O) groups is 2. The average Bonchev–Trinajstić information content (AvgIpc) is 3.23. The number of hydrogen-bond donors (Lipinski definition) is 1. The van der Waals surface area contributed by atoms with E-state index >= 15 is 0 Å². The number of hydrogen-bond acceptors (Lipinski definition) is 4. The third-order valence-electron chi connectivity index (χ3n) is 8.63. The number of likely N-dealkylation sites (tertiary alicyclic amines) is 3. The van der Waals surface area contributed by atoms with Gasteiger partial charge in [0.2, 0.25) is 11.8 Å².